The zero-order valence-corrected chi connectivity index (χ0v) is 8.26. The molecule has 1 amide bonds. The van der Waals surface area contributed by atoms with Crippen LogP contribution in [0.25, 0.3) is 0 Å². The highest BCUT2D eigenvalue weighted by molar-refractivity contribution is 5.85. The van der Waals surface area contributed by atoms with E-state index in [4.69, 9.17) is 5.26 Å². The van der Waals surface area contributed by atoms with E-state index in [1.807, 2.05) is 13.8 Å². The lowest BCUT2D eigenvalue weighted by Gasteiger charge is -2.20. The molecule has 0 heterocycles. The van der Waals surface area contributed by atoms with E-state index in [2.05, 4.69) is 11.4 Å². The summed E-state index contributed by atoms with van der Waals surface area (Å²) in [5.74, 6) is -0.0810. The lowest BCUT2D eigenvalue weighted by molar-refractivity contribution is -0.128. The Morgan fingerprint density at radius 3 is 2.38 bits per heavy atom. The van der Waals surface area contributed by atoms with Gasteiger partial charge in [0, 0.05) is 6.04 Å². The first-order valence-corrected chi connectivity index (χ1v) is 4.83. The van der Waals surface area contributed by atoms with Gasteiger partial charge in [0.2, 0.25) is 5.91 Å². The predicted molar refractivity (Wildman–Crippen MR) is 49.8 cm³/mol. The van der Waals surface area contributed by atoms with Crippen molar-refractivity contribution in [1.29, 1.82) is 5.26 Å². The Kier molecular flexibility index (Phi) is 2.92. The number of nitrogens with zero attached hydrogens (tertiary/aromatic N) is 1. The smallest absolute Gasteiger partial charge is 0.240 e. The maximum Gasteiger partial charge on any atom is 0.240 e. The number of hydrogen-bond acceptors (Lipinski definition) is 2. The first-order valence-electron chi connectivity index (χ1n) is 4.83. The summed E-state index contributed by atoms with van der Waals surface area (Å²) in [6.07, 6.45) is 3.45. The van der Waals surface area contributed by atoms with Gasteiger partial charge in [0.1, 0.15) is 5.41 Å². The Bertz CT molecular complexity index is 234. The molecular formula is C10H16N2O. The molecule has 1 saturated carbocycles. The second-order valence-electron chi connectivity index (χ2n) is 4.03. The normalized spacial score (nSPS) is 19.8. The van der Waals surface area contributed by atoms with Crippen LogP contribution in [0.4, 0.5) is 0 Å². The molecule has 0 atom stereocenters. The van der Waals surface area contributed by atoms with Crippen molar-refractivity contribution in [2.45, 2.75) is 45.6 Å². The SMILES string of the molecule is CC(C)NC(=O)C1(C#N)CCCC1. The minimum absolute atomic E-state index is 0.0810. The van der Waals surface area contributed by atoms with E-state index < -0.39 is 5.41 Å². The van der Waals surface area contributed by atoms with Crippen molar-refractivity contribution >= 4 is 5.91 Å². The Hall–Kier alpha value is -1.04. The van der Waals surface area contributed by atoms with E-state index in [-0.39, 0.29) is 11.9 Å². The monoisotopic (exact) mass is 180 g/mol. The number of rotatable bonds is 2. The fourth-order valence-electron chi connectivity index (χ4n) is 1.77. The Morgan fingerprint density at radius 2 is 2.00 bits per heavy atom. The molecule has 13 heavy (non-hydrogen) atoms. The van der Waals surface area contributed by atoms with Gasteiger partial charge in [-0.05, 0) is 26.7 Å². The topological polar surface area (TPSA) is 52.9 Å². The molecule has 0 bridgehead atoms. The van der Waals surface area contributed by atoms with Crippen LogP contribution in [0, 0.1) is 16.7 Å². The molecule has 1 aliphatic rings. The third kappa shape index (κ3) is 2.00. The van der Waals surface area contributed by atoms with Crippen LogP contribution in [0.3, 0.4) is 0 Å². The lowest BCUT2D eigenvalue weighted by atomic mass is 9.87. The molecule has 0 aromatic carbocycles. The molecule has 72 valence electrons. The van der Waals surface area contributed by atoms with Gasteiger partial charge in [0.05, 0.1) is 6.07 Å². The molecule has 1 aliphatic carbocycles. The fraction of sp³-hybridized carbons (Fsp3) is 0.800. The third-order valence-electron chi connectivity index (χ3n) is 2.53. The maximum atomic E-state index is 11.7. The Labute approximate surface area is 79.1 Å². The second kappa shape index (κ2) is 3.78. The minimum Gasteiger partial charge on any atom is -0.353 e. The average Bonchev–Trinajstić information content (AvgIpc) is 2.51. The molecule has 1 fully saturated rings. The number of hydrogen-bond donors (Lipinski definition) is 1. The number of carbonyl (C=O) groups excluding carboxylic acids is 1. The van der Waals surface area contributed by atoms with E-state index in [9.17, 15) is 4.79 Å². The standard InChI is InChI=1S/C10H16N2O/c1-8(2)12-9(13)10(7-11)5-3-4-6-10/h8H,3-6H2,1-2H3,(H,12,13). The van der Waals surface area contributed by atoms with E-state index in [0.717, 1.165) is 25.7 Å². The van der Waals surface area contributed by atoms with Crippen LogP contribution in [0.1, 0.15) is 39.5 Å². The van der Waals surface area contributed by atoms with Gasteiger partial charge in [0.25, 0.3) is 0 Å². The molecule has 0 aromatic heterocycles. The minimum atomic E-state index is -0.718. The van der Waals surface area contributed by atoms with Crippen LogP contribution >= 0.6 is 0 Å². The molecule has 0 aliphatic heterocycles. The number of nitriles is 1. The van der Waals surface area contributed by atoms with Crippen LogP contribution < -0.4 is 5.32 Å². The third-order valence-corrected chi connectivity index (χ3v) is 2.53. The predicted octanol–water partition coefficient (Wildman–Crippen LogP) is 1.59. The van der Waals surface area contributed by atoms with Gasteiger partial charge in [-0.3, -0.25) is 4.79 Å². The van der Waals surface area contributed by atoms with Gasteiger partial charge in [-0.1, -0.05) is 12.8 Å². The van der Waals surface area contributed by atoms with Crippen molar-refractivity contribution in [3.63, 3.8) is 0 Å². The Morgan fingerprint density at radius 1 is 1.46 bits per heavy atom. The highest BCUT2D eigenvalue weighted by atomic mass is 16.2. The van der Waals surface area contributed by atoms with E-state index in [1.54, 1.807) is 0 Å². The summed E-state index contributed by atoms with van der Waals surface area (Å²) in [6.45, 7) is 3.83. The summed E-state index contributed by atoms with van der Waals surface area (Å²) >= 11 is 0. The van der Waals surface area contributed by atoms with E-state index >= 15 is 0 Å². The van der Waals surface area contributed by atoms with Crippen LogP contribution in [0.2, 0.25) is 0 Å². The summed E-state index contributed by atoms with van der Waals surface area (Å²) in [4.78, 5) is 11.7. The first kappa shape index (κ1) is 10.0. The molecule has 0 unspecified atom stereocenters. The largest absolute Gasteiger partial charge is 0.353 e. The van der Waals surface area contributed by atoms with Crippen LogP contribution in [0.5, 0.6) is 0 Å². The summed E-state index contributed by atoms with van der Waals surface area (Å²) in [5.41, 5.74) is -0.718. The fourth-order valence-corrected chi connectivity index (χ4v) is 1.77. The van der Waals surface area contributed by atoms with Crippen LogP contribution in [-0.4, -0.2) is 11.9 Å². The van der Waals surface area contributed by atoms with Gasteiger partial charge < -0.3 is 5.32 Å². The van der Waals surface area contributed by atoms with Crippen LogP contribution in [0.15, 0.2) is 0 Å². The molecule has 3 heteroatoms. The van der Waals surface area contributed by atoms with Gasteiger partial charge >= 0.3 is 0 Å². The summed E-state index contributed by atoms with van der Waals surface area (Å²) in [6, 6.07) is 2.29. The highest BCUT2D eigenvalue weighted by Gasteiger charge is 2.41. The van der Waals surface area contributed by atoms with E-state index in [1.165, 1.54) is 0 Å². The zero-order chi connectivity index (χ0) is 9.90. The van der Waals surface area contributed by atoms with Crippen molar-refractivity contribution in [2.75, 3.05) is 0 Å². The number of amides is 1. The lowest BCUT2D eigenvalue weighted by Crippen LogP contribution is -2.41. The van der Waals surface area contributed by atoms with Crippen molar-refractivity contribution in [2.24, 2.45) is 5.41 Å². The molecule has 1 N–H and O–H groups in total. The molecule has 0 saturated heterocycles. The quantitative estimate of drug-likeness (QED) is 0.701. The summed E-state index contributed by atoms with van der Waals surface area (Å²) in [7, 11) is 0. The highest BCUT2D eigenvalue weighted by Crippen LogP contribution is 2.37. The molecular weight excluding hydrogens is 164 g/mol. The molecule has 1 rings (SSSR count). The van der Waals surface area contributed by atoms with Crippen LogP contribution in [-0.2, 0) is 4.79 Å². The summed E-state index contributed by atoms with van der Waals surface area (Å²) in [5, 5.41) is 11.8. The zero-order valence-electron chi connectivity index (χ0n) is 8.26. The van der Waals surface area contributed by atoms with Crippen molar-refractivity contribution in [1.82, 2.24) is 5.32 Å². The second-order valence-corrected chi connectivity index (χ2v) is 4.03. The van der Waals surface area contributed by atoms with Gasteiger partial charge in [-0.2, -0.15) is 5.26 Å². The molecule has 0 spiro atoms. The summed E-state index contributed by atoms with van der Waals surface area (Å²) < 4.78 is 0. The van der Waals surface area contributed by atoms with E-state index in [0.29, 0.717) is 0 Å². The van der Waals surface area contributed by atoms with Crippen molar-refractivity contribution in [3.8, 4) is 6.07 Å². The van der Waals surface area contributed by atoms with Crippen molar-refractivity contribution in [3.05, 3.63) is 0 Å². The molecule has 3 nitrogen and oxygen atoms in total. The van der Waals surface area contributed by atoms with Crippen molar-refractivity contribution < 1.29 is 4.79 Å². The Balaban J connectivity index is 2.67. The molecule has 0 aromatic rings. The number of carbonyl (C=O) groups is 1. The maximum absolute atomic E-state index is 11.7. The van der Waals surface area contributed by atoms with Gasteiger partial charge in [-0.15, -0.1) is 0 Å². The number of nitrogens with one attached hydrogen (secondary N) is 1. The van der Waals surface area contributed by atoms with Gasteiger partial charge in [0.15, 0.2) is 0 Å². The first-order chi connectivity index (χ1) is 6.10. The average molecular weight is 180 g/mol. The molecule has 0 radical (unpaired) electrons. The van der Waals surface area contributed by atoms with Gasteiger partial charge in [-0.25, -0.2) is 0 Å².